The molecule has 0 bridgehead atoms. The maximum absolute atomic E-state index is 12.5. The van der Waals surface area contributed by atoms with Gasteiger partial charge >= 0.3 is 0 Å². The minimum absolute atomic E-state index is 0.0702. The number of aryl methyl sites for hydroxylation is 1. The minimum Gasteiger partial charge on any atom is -0.322 e. The first-order valence-corrected chi connectivity index (χ1v) is 7.70. The van der Waals surface area contributed by atoms with Gasteiger partial charge in [0.25, 0.3) is 5.91 Å². The van der Waals surface area contributed by atoms with Crippen molar-refractivity contribution in [1.82, 2.24) is 5.32 Å². The molecule has 0 saturated heterocycles. The van der Waals surface area contributed by atoms with Gasteiger partial charge in [-0.2, -0.15) is 0 Å². The van der Waals surface area contributed by atoms with E-state index < -0.39 is 0 Å². The number of halogens is 1. The van der Waals surface area contributed by atoms with Gasteiger partial charge in [-0.25, -0.2) is 0 Å². The quantitative estimate of drug-likeness (QED) is 0.865. The molecule has 0 radical (unpaired) electrons. The standard InChI is InChI=1S/C17H19BrN2O/c1-12-9-14(18)11-15(10-12)20-17(21)16-6-4-3-5-13(16)7-8-19-2/h3-6,9-11,19H,7-8H2,1-2H3,(H,20,21). The summed E-state index contributed by atoms with van der Waals surface area (Å²) in [6, 6.07) is 13.6. The summed E-state index contributed by atoms with van der Waals surface area (Å²) in [7, 11) is 1.91. The summed E-state index contributed by atoms with van der Waals surface area (Å²) in [5, 5.41) is 6.08. The fraction of sp³-hybridized carbons (Fsp3) is 0.235. The smallest absolute Gasteiger partial charge is 0.255 e. The molecule has 0 saturated carbocycles. The molecule has 4 heteroatoms. The van der Waals surface area contributed by atoms with Crippen molar-refractivity contribution in [2.45, 2.75) is 13.3 Å². The molecule has 0 heterocycles. The van der Waals surface area contributed by atoms with E-state index in [1.165, 1.54) is 0 Å². The second-order valence-electron chi connectivity index (χ2n) is 4.98. The van der Waals surface area contributed by atoms with Crippen LogP contribution < -0.4 is 10.6 Å². The fourth-order valence-corrected chi connectivity index (χ4v) is 2.83. The summed E-state index contributed by atoms with van der Waals surface area (Å²) in [5.41, 5.74) is 3.68. The Kier molecular flexibility index (Phi) is 5.53. The van der Waals surface area contributed by atoms with E-state index in [1.807, 2.05) is 56.4 Å². The second kappa shape index (κ2) is 7.38. The first kappa shape index (κ1) is 15.7. The van der Waals surface area contributed by atoms with E-state index >= 15 is 0 Å². The van der Waals surface area contributed by atoms with E-state index in [9.17, 15) is 4.79 Å². The van der Waals surface area contributed by atoms with E-state index in [1.54, 1.807) is 0 Å². The van der Waals surface area contributed by atoms with Crippen LogP contribution in [0.3, 0.4) is 0 Å². The van der Waals surface area contributed by atoms with Gasteiger partial charge in [0, 0.05) is 15.7 Å². The average molecular weight is 347 g/mol. The predicted molar refractivity (Wildman–Crippen MR) is 90.9 cm³/mol. The molecule has 0 aromatic heterocycles. The number of benzene rings is 2. The van der Waals surface area contributed by atoms with Crippen molar-refractivity contribution in [2.24, 2.45) is 0 Å². The molecule has 2 rings (SSSR count). The third-order valence-electron chi connectivity index (χ3n) is 3.21. The minimum atomic E-state index is -0.0702. The molecule has 2 aromatic carbocycles. The lowest BCUT2D eigenvalue weighted by molar-refractivity contribution is 0.102. The van der Waals surface area contributed by atoms with Crippen LogP contribution in [0.1, 0.15) is 21.5 Å². The van der Waals surface area contributed by atoms with Crippen LogP contribution in [0.25, 0.3) is 0 Å². The summed E-state index contributed by atoms with van der Waals surface area (Å²) >= 11 is 3.45. The van der Waals surface area contributed by atoms with Crippen LogP contribution in [0.4, 0.5) is 5.69 Å². The van der Waals surface area contributed by atoms with Gasteiger partial charge in [-0.15, -0.1) is 0 Å². The lowest BCUT2D eigenvalue weighted by atomic mass is 10.0. The second-order valence-corrected chi connectivity index (χ2v) is 5.90. The third kappa shape index (κ3) is 4.41. The van der Waals surface area contributed by atoms with E-state index in [0.29, 0.717) is 0 Å². The molecule has 0 unspecified atom stereocenters. The highest BCUT2D eigenvalue weighted by Crippen LogP contribution is 2.20. The van der Waals surface area contributed by atoms with E-state index in [-0.39, 0.29) is 5.91 Å². The Balaban J connectivity index is 2.20. The van der Waals surface area contributed by atoms with Gasteiger partial charge < -0.3 is 10.6 Å². The van der Waals surface area contributed by atoms with Crippen LogP contribution in [0, 0.1) is 6.92 Å². The van der Waals surface area contributed by atoms with Crippen LogP contribution in [0.15, 0.2) is 46.9 Å². The Morgan fingerprint density at radius 3 is 2.67 bits per heavy atom. The normalized spacial score (nSPS) is 10.4. The van der Waals surface area contributed by atoms with Gasteiger partial charge in [-0.05, 0) is 62.3 Å². The molecule has 110 valence electrons. The molecule has 2 N–H and O–H groups in total. The number of hydrogen-bond acceptors (Lipinski definition) is 2. The highest BCUT2D eigenvalue weighted by molar-refractivity contribution is 9.10. The zero-order valence-corrected chi connectivity index (χ0v) is 13.8. The van der Waals surface area contributed by atoms with E-state index in [2.05, 4.69) is 26.6 Å². The number of likely N-dealkylation sites (N-methyl/N-ethyl adjacent to an activating group) is 1. The Hall–Kier alpha value is -1.65. The lowest BCUT2D eigenvalue weighted by Gasteiger charge is -2.11. The molecule has 0 aliphatic heterocycles. The molecule has 2 aromatic rings. The molecule has 0 spiro atoms. The molecular weight excluding hydrogens is 328 g/mol. The van der Waals surface area contributed by atoms with Gasteiger partial charge in [0.05, 0.1) is 0 Å². The van der Waals surface area contributed by atoms with Gasteiger partial charge in [0.1, 0.15) is 0 Å². The van der Waals surface area contributed by atoms with Gasteiger partial charge in [-0.3, -0.25) is 4.79 Å². The molecule has 0 aliphatic carbocycles. The van der Waals surface area contributed by atoms with Crippen molar-refractivity contribution in [2.75, 3.05) is 18.9 Å². The first-order valence-electron chi connectivity index (χ1n) is 6.91. The van der Waals surface area contributed by atoms with Crippen LogP contribution in [-0.4, -0.2) is 19.5 Å². The molecule has 3 nitrogen and oxygen atoms in total. The Labute approximate surface area is 133 Å². The van der Waals surface area contributed by atoms with Crippen LogP contribution in [-0.2, 0) is 6.42 Å². The maximum atomic E-state index is 12.5. The lowest BCUT2D eigenvalue weighted by Crippen LogP contribution is -2.17. The summed E-state index contributed by atoms with van der Waals surface area (Å²) in [6.07, 6.45) is 0.831. The van der Waals surface area contributed by atoms with Crippen molar-refractivity contribution in [3.05, 3.63) is 63.6 Å². The van der Waals surface area contributed by atoms with Crippen molar-refractivity contribution in [1.29, 1.82) is 0 Å². The number of carbonyl (C=O) groups is 1. The van der Waals surface area contributed by atoms with Crippen molar-refractivity contribution >= 4 is 27.5 Å². The molecule has 1 amide bonds. The molecule has 0 fully saturated rings. The number of amides is 1. The topological polar surface area (TPSA) is 41.1 Å². The van der Waals surface area contributed by atoms with Crippen molar-refractivity contribution < 1.29 is 4.79 Å². The monoisotopic (exact) mass is 346 g/mol. The maximum Gasteiger partial charge on any atom is 0.255 e. The number of hydrogen-bond donors (Lipinski definition) is 2. The number of nitrogens with one attached hydrogen (secondary N) is 2. The zero-order chi connectivity index (χ0) is 15.2. The number of anilines is 1. The predicted octanol–water partition coefficient (Wildman–Crippen LogP) is 3.77. The van der Waals surface area contributed by atoms with Gasteiger partial charge in [-0.1, -0.05) is 34.1 Å². The first-order chi connectivity index (χ1) is 10.1. The van der Waals surface area contributed by atoms with Gasteiger partial charge in [0.2, 0.25) is 0 Å². The zero-order valence-electron chi connectivity index (χ0n) is 12.2. The SMILES string of the molecule is CNCCc1ccccc1C(=O)Nc1cc(C)cc(Br)c1. The fourth-order valence-electron chi connectivity index (χ4n) is 2.23. The van der Waals surface area contributed by atoms with Crippen LogP contribution >= 0.6 is 15.9 Å². The molecule has 0 atom stereocenters. The highest BCUT2D eigenvalue weighted by Gasteiger charge is 2.11. The Morgan fingerprint density at radius 2 is 1.95 bits per heavy atom. The summed E-state index contributed by atoms with van der Waals surface area (Å²) in [5.74, 6) is -0.0702. The average Bonchev–Trinajstić information content (AvgIpc) is 2.44. The largest absolute Gasteiger partial charge is 0.322 e. The molecular formula is C17H19BrN2O. The molecule has 21 heavy (non-hydrogen) atoms. The van der Waals surface area contributed by atoms with Crippen LogP contribution in [0.2, 0.25) is 0 Å². The molecule has 0 aliphatic rings. The van der Waals surface area contributed by atoms with Crippen LogP contribution in [0.5, 0.6) is 0 Å². The third-order valence-corrected chi connectivity index (χ3v) is 3.66. The highest BCUT2D eigenvalue weighted by atomic mass is 79.9. The summed E-state index contributed by atoms with van der Waals surface area (Å²) < 4.78 is 0.960. The van der Waals surface area contributed by atoms with E-state index in [0.717, 1.165) is 39.8 Å². The number of carbonyl (C=O) groups excluding carboxylic acids is 1. The Morgan fingerprint density at radius 1 is 1.19 bits per heavy atom. The number of rotatable bonds is 5. The van der Waals surface area contributed by atoms with Gasteiger partial charge in [0.15, 0.2) is 0 Å². The summed E-state index contributed by atoms with van der Waals surface area (Å²) in [6.45, 7) is 2.85. The Bertz CT molecular complexity index is 620. The summed E-state index contributed by atoms with van der Waals surface area (Å²) in [4.78, 5) is 12.5. The van der Waals surface area contributed by atoms with E-state index in [4.69, 9.17) is 0 Å². The van der Waals surface area contributed by atoms with Crippen molar-refractivity contribution in [3.63, 3.8) is 0 Å². The van der Waals surface area contributed by atoms with Crippen molar-refractivity contribution in [3.8, 4) is 0 Å².